The molecule has 0 saturated carbocycles. The fourth-order valence-corrected chi connectivity index (χ4v) is 7.00. The highest BCUT2D eigenvalue weighted by atomic mass is 35.5. The van der Waals surface area contributed by atoms with Crippen LogP contribution in [0.2, 0.25) is 0 Å². The summed E-state index contributed by atoms with van der Waals surface area (Å²) in [5.74, 6) is 1.71. The first-order valence-corrected chi connectivity index (χ1v) is 18.3. The van der Waals surface area contributed by atoms with Crippen LogP contribution in [0.4, 0.5) is 4.79 Å². The van der Waals surface area contributed by atoms with Crippen LogP contribution in [0.3, 0.4) is 0 Å². The van der Waals surface area contributed by atoms with Gasteiger partial charge >= 0.3 is 6.03 Å². The number of likely N-dealkylation sites (tertiary alicyclic amines) is 1. The van der Waals surface area contributed by atoms with Crippen LogP contribution in [0.5, 0.6) is 0 Å². The summed E-state index contributed by atoms with van der Waals surface area (Å²) in [6.07, 6.45) is 6.11. The number of hydrogen-bond donors (Lipinski definition) is 1. The van der Waals surface area contributed by atoms with Crippen LogP contribution in [0.25, 0.3) is 0 Å². The van der Waals surface area contributed by atoms with Gasteiger partial charge in [0.25, 0.3) is 0 Å². The van der Waals surface area contributed by atoms with Crippen molar-refractivity contribution < 1.29 is 31.8 Å². The highest BCUT2D eigenvalue weighted by molar-refractivity contribution is 7.91. The number of piperidine rings is 2. The maximum Gasteiger partial charge on any atom is 0.320 e. The number of rotatable bonds is 6. The van der Waals surface area contributed by atoms with Crippen molar-refractivity contribution >= 4 is 39.8 Å². The fraction of sp³-hybridized carbons (Fsp3) is 0.727. The summed E-state index contributed by atoms with van der Waals surface area (Å²) < 4.78 is 33.9. The molecular weight excluding hydrogens is 646 g/mol. The molecule has 3 aliphatic heterocycles. The van der Waals surface area contributed by atoms with Gasteiger partial charge in [0.1, 0.15) is 11.5 Å². The Morgan fingerprint density at radius 1 is 0.809 bits per heavy atom. The van der Waals surface area contributed by atoms with Gasteiger partial charge in [-0.25, -0.2) is 13.2 Å². The van der Waals surface area contributed by atoms with Crippen molar-refractivity contribution in [1.29, 1.82) is 0 Å². The molecule has 0 aromatic carbocycles. The zero-order valence-electron chi connectivity index (χ0n) is 28.7. The monoisotopic (exact) mass is 697 g/mol. The van der Waals surface area contributed by atoms with Gasteiger partial charge in [-0.1, -0.05) is 58.3 Å². The smallest absolute Gasteiger partial charge is 0.320 e. The zero-order valence-corrected chi connectivity index (χ0v) is 30.3. The van der Waals surface area contributed by atoms with Crippen LogP contribution in [0.15, 0.2) is 21.2 Å². The van der Waals surface area contributed by atoms with E-state index in [-0.39, 0.29) is 77.9 Å². The van der Waals surface area contributed by atoms with Crippen molar-refractivity contribution in [3.63, 3.8) is 0 Å². The molecular formula is C33H52ClN5O7S. The minimum Gasteiger partial charge on any atom is -0.361 e. The molecule has 3 aliphatic rings. The van der Waals surface area contributed by atoms with Gasteiger partial charge in [-0.2, -0.15) is 0 Å². The SMILES string of the molecule is CC(C)(C)c1cc(CC(=O)[C@@H]2CCCCN2)no1.CC(C)(C)c1cc(CC(=O)[C@@H]2CCCCN2C(=O)N2CCS(=O)(=O)CC2)no1.Cl. The predicted octanol–water partition coefficient (Wildman–Crippen LogP) is 4.44. The summed E-state index contributed by atoms with van der Waals surface area (Å²) in [5, 5.41) is 11.3. The first-order valence-electron chi connectivity index (χ1n) is 16.5. The second-order valence-electron chi connectivity index (χ2n) is 14.8. The fourth-order valence-electron chi connectivity index (χ4n) is 5.80. The first-order chi connectivity index (χ1) is 21.5. The first kappa shape index (κ1) is 38.7. The molecule has 1 N–H and O–H groups in total. The Labute approximate surface area is 285 Å². The molecule has 47 heavy (non-hydrogen) atoms. The maximum atomic E-state index is 12.9. The highest BCUT2D eigenvalue weighted by Crippen LogP contribution is 2.26. The van der Waals surface area contributed by atoms with E-state index in [4.69, 9.17) is 9.05 Å². The lowest BCUT2D eigenvalue weighted by molar-refractivity contribution is -0.124. The summed E-state index contributed by atoms with van der Waals surface area (Å²) >= 11 is 0. The molecule has 0 bridgehead atoms. The number of sulfone groups is 1. The Balaban J connectivity index is 0.000000274. The van der Waals surface area contributed by atoms with Gasteiger partial charge in [-0.15, -0.1) is 12.4 Å². The minimum absolute atomic E-state index is 0. The van der Waals surface area contributed by atoms with E-state index in [0.29, 0.717) is 25.1 Å². The van der Waals surface area contributed by atoms with Gasteiger partial charge in [0.05, 0.1) is 47.8 Å². The molecule has 0 unspecified atom stereocenters. The number of aromatic nitrogens is 2. The molecule has 2 aromatic rings. The Morgan fingerprint density at radius 3 is 1.83 bits per heavy atom. The predicted molar refractivity (Wildman–Crippen MR) is 181 cm³/mol. The van der Waals surface area contributed by atoms with Gasteiger partial charge in [0.2, 0.25) is 0 Å². The van der Waals surface area contributed by atoms with Crippen molar-refractivity contribution in [1.82, 2.24) is 25.4 Å². The number of carbonyl (C=O) groups is 3. The Kier molecular flexibility index (Phi) is 13.2. The molecule has 3 saturated heterocycles. The van der Waals surface area contributed by atoms with Gasteiger partial charge in [0.15, 0.2) is 21.4 Å². The van der Waals surface area contributed by atoms with Crippen molar-refractivity contribution in [2.24, 2.45) is 0 Å². The summed E-state index contributed by atoms with van der Waals surface area (Å²) in [4.78, 5) is 41.1. The molecule has 3 fully saturated rings. The van der Waals surface area contributed by atoms with E-state index in [1.165, 1.54) is 6.42 Å². The lowest BCUT2D eigenvalue weighted by atomic mass is 9.92. The average molecular weight is 698 g/mol. The van der Waals surface area contributed by atoms with Crippen molar-refractivity contribution in [2.75, 3.05) is 37.7 Å². The molecule has 264 valence electrons. The molecule has 2 aromatic heterocycles. The highest BCUT2D eigenvalue weighted by Gasteiger charge is 2.36. The second-order valence-corrected chi connectivity index (χ2v) is 17.1. The van der Waals surface area contributed by atoms with Crippen LogP contribution in [-0.2, 0) is 43.1 Å². The number of nitrogens with one attached hydrogen (secondary N) is 1. The topological polar surface area (TPSA) is 156 Å². The molecule has 0 radical (unpaired) electrons. The van der Waals surface area contributed by atoms with Crippen molar-refractivity contribution in [2.45, 2.75) is 116 Å². The van der Waals surface area contributed by atoms with Crippen molar-refractivity contribution in [3.8, 4) is 0 Å². The molecule has 2 atom stereocenters. The second kappa shape index (κ2) is 16.1. The van der Waals surface area contributed by atoms with E-state index in [1.54, 1.807) is 9.80 Å². The van der Waals surface area contributed by atoms with E-state index in [2.05, 4.69) is 36.4 Å². The van der Waals surface area contributed by atoms with E-state index >= 15 is 0 Å². The molecule has 14 heteroatoms. The summed E-state index contributed by atoms with van der Waals surface area (Å²) in [7, 11) is -3.06. The van der Waals surface area contributed by atoms with Gasteiger partial charge in [-0.3, -0.25) is 9.59 Å². The number of Topliss-reactive ketones (excluding diaryl/α,β-unsaturated/α-hetero) is 2. The number of carbonyl (C=O) groups excluding carboxylic acids is 3. The number of halogens is 1. The number of urea groups is 1. The standard InChI is InChI=1S/C19H29N3O5S.C14H22N2O2.ClH/c1-19(2,3)17-13-14(20-27-17)12-16(23)15-6-4-5-7-22(15)18(24)21-8-10-28(25,26)11-9-21;1-14(2,3)13-9-10(16-18-13)8-12(17)11-6-4-5-7-15-11;/h13,15H,4-12H2,1-3H3;9,11,15H,4-8H2,1-3H3;1H/t15-;11-;/m00./s1. The van der Waals surface area contributed by atoms with Gasteiger partial charge in [0, 0.05) is 42.6 Å². The van der Waals surface area contributed by atoms with Gasteiger partial charge < -0.3 is 24.2 Å². The summed E-state index contributed by atoms with van der Waals surface area (Å²) in [6, 6.07) is 3.00. The van der Waals surface area contributed by atoms with E-state index in [9.17, 15) is 22.8 Å². The Bertz CT molecular complexity index is 1450. The normalized spacial score (nSPS) is 21.7. The van der Waals surface area contributed by atoms with Crippen molar-refractivity contribution in [3.05, 3.63) is 35.0 Å². The molecule has 12 nitrogen and oxygen atoms in total. The lowest BCUT2D eigenvalue weighted by Gasteiger charge is -2.39. The lowest BCUT2D eigenvalue weighted by Crippen LogP contribution is -2.56. The molecule has 5 heterocycles. The Morgan fingerprint density at radius 2 is 1.34 bits per heavy atom. The number of ketones is 2. The summed E-state index contributed by atoms with van der Waals surface area (Å²) in [6.45, 7) is 14.1. The third kappa shape index (κ3) is 10.9. The van der Waals surface area contributed by atoms with Crippen LogP contribution in [-0.4, -0.2) is 95.9 Å². The Hall–Kier alpha value is -2.77. The van der Waals surface area contributed by atoms with E-state index in [1.807, 2.05) is 32.9 Å². The molecule has 0 aliphatic carbocycles. The van der Waals surface area contributed by atoms with Crippen LogP contribution in [0, 0.1) is 0 Å². The summed E-state index contributed by atoms with van der Waals surface area (Å²) in [5.41, 5.74) is 1.09. The van der Waals surface area contributed by atoms with Crippen LogP contribution >= 0.6 is 12.4 Å². The number of amides is 2. The molecule has 5 rings (SSSR count). The van der Waals surface area contributed by atoms with E-state index in [0.717, 1.165) is 49.4 Å². The third-order valence-electron chi connectivity index (χ3n) is 8.74. The minimum atomic E-state index is -3.06. The maximum absolute atomic E-state index is 12.9. The number of hydrogen-bond acceptors (Lipinski definition) is 10. The third-order valence-corrected chi connectivity index (χ3v) is 10.4. The van der Waals surface area contributed by atoms with Gasteiger partial charge in [-0.05, 0) is 38.6 Å². The number of nitrogens with zero attached hydrogens (tertiary/aromatic N) is 4. The van der Waals surface area contributed by atoms with Crippen LogP contribution in [0.1, 0.15) is 103 Å². The largest absolute Gasteiger partial charge is 0.361 e. The molecule has 2 amide bonds. The average Bonchev–Trinajstić information content (AvgIpc) is 3.68. The van der Waals surface area contributed by atoms with E-state index < -0.39 is 15.9 Å². The zero-order chi connectivity index (χ0) is 33.7. The quantitative estimate of drug-likeness (QED) is 0.458. The van der Waals surface area contributed by atoms with Crippen LogP contribution < -0.4 is 5.32 Å². The molecule has 0 spiro atoms.